The van der Waals surface area contributed by atoms with E-state index in [2.05, 4.69) is 5.32 Å². The number of nitrogens with zero attached hydrogens (tertiary/aromatic N) is 2. The van der Waals surface area contributed by atoms with Gasteiger partial charge in [0.2, 0.25) is 11.7 Å². The first-order valence-electron chi connectivity index (χ1n) is 11.0. The minimum atomic E-state index is -0.702. The molecule has 184 valence electrons. The summed E-state index contributed by atoms with van der Waals surface area (Å²) in [6.45, 7) is 5.54. The number of methoxy groups -OCH3 is 1. The van der Waals surface area contributed by atoms with Crippen molar-refractivity contribution in [2.45, 2.75) is 52.2 Å². The number of nitro groups is 1. The number of nitrogens with one attached hydrogen (secondary N) is 1. The SMILES string of the molecule is CC[C@H](C(=O)N[C@@H](C)CC)N(Cc1ccc(Cl)cc1)C(=O)COc1ccc([N+](=O)[O-])c(OC)c1. The Kier molecular flexibility index (Phi) is 10.1. The molecule has 2 aromatic rings. The molecule has 0 aliphatic carbocycles. The Morgan fingerprint density at radius 2 is 1.82 bits per heavy atom. The van der Waals surface area contributed by atoms with E-state index in [-0.39, 0.29) is 42.3 Å². The van der Waals surface area contributed by atoms with Gasteiger partial charge < -0.3 is 19.7 Å². The summed E-state index contributed by atoms with van der Waals surface area (Å²) in [6.07, 6.45) is 1.17. The molecule has 2 rings (SSSR count). The molecule has 2 aromatic carbocycles. The van der Waals surface area contributed by atoms with Gasteiger partial charge in [0, 0.05) is 29.7 Å². The van der Waals surface area contributed by atoms with Crippen LogP contribution in [0.25, 0.3) is 0 Å². The second-order valence-corrected chi connectivity index (χ2v) is 8.21. The summed E-state index contributed by atoms with van der Waals surface area (Å²) >= 11 is 5.98. The zero-order valence-corrected chi connectivity index (χ0v) is 20.5. The molecule has 0 radical (unpaired) electrons. The van der Waals surface area contributed by atoms with E-state index in [1.165, 1.54) is 30.2 Å². The van der Waals surface area contributed by atoms with Crippen LogP contribution in [0.2, 0.25) is 5.02 Å². The van der Waals surface area contributed by atoms with Crippen LogP contribution in [-0.4, -0.2) is 47.4 Å². The largest absolute Gasteiger partial charge is 0.490 e. The van der Waals surface area contributed by atoms with Crippen molar-refractivity contribution in [1.29, 1.82) is 0 Å². The molecule has 0 spiro atoms. The Hall–Kier alpha value is -3.33. The van der Waals surface area contributed by atoms with Gasteiger partial charge in [-0.2, -0.15) is 0 Å². The molecule has 0 saturated carbocycles. The summed E-state index contributed by atoms with van der Waals surface area (Å²) in [5.41, 5.74) is 0.600. The molecule has 0 fully saturated rings. The quantitative estimate of drug-likeness (QED) is 0.349. The smallest absolute Gasteiger partial charge is 0.311 e. The van der Waals surface area contributed by atoms with Gasteiger partial charge in [-0.1, -0.05) is 37.6 Å². The van der Waals surface area contributed by atoms with Crippen molar-refractivity contribution in [2.75, 3.05) is 13.7 Å². The maximum atomic E-state index is 13.2. The Balaban J connectivity index is 2.24. The van der Waals surface area contributed by atoms with Gasteiger partial charge in [-0.05, 0) is 43.5 Å². The number of hydrogen-bond donors (Lipinski definition) is 1. The Bertz CT molecular complexity index is 999. The lowest BCUT2D eigenvalue weighted by atomic mass is 10.1. The summed E-state index contributed by atoms with van der Waals surface area (Å²) in [7, 11) is 1.31. The molecule has 0 aromatic heterocycles. The lowest BCUT2D eigenvalue weighted by Gasteiger charge is -2.31. The summed E-state index contributed by atoms with van der Waals surface area (Å²) < 4.78 is 10.7. The maximum absolute atomic E-state index is 13.2. The Morgan fingerprint density at radius 1 is 1.15 bits per heavy atom. The molecular formula is C24H30ClN3O6. The van der Waals surface area contributed by atoms with Crippen LogP contribution in [0, 0.1) is 10.1 Å². The first kappa shape index (κ1) is 26.9. The van der Waals surface area contributed by atoms with E-state index in [1.807, 2.05) is 20.8 Å². The molecule has 34 heavy (non-hydrogen) atoms. The van der Waals surface area contributed by atoms with Gasteiger partial charge in [0.1, 0.15) is 11.8 Å². The fraction of sp³-hybridized carbons (Fsp3) is 0.417. The van der Waals surface area contributed by atoms with Crippen LogP contribution in [0.15, 0.2) is 42.5 Å². The van der Waals surface area contributed by atoms with Crippen LogP contribution < -0.4 is 14.8 Å². The van der Waals surface area contributed by atoms with Crippen molar-refractivity contribution in [3.63, 3.8) is 0 Å². The van der Waals surface area contributed by atoms with Crippen LogP contribution in [0.1, 0.15) is 39.2 Å². The summed E-state index contributed by atoms with van der Waals surface area (Å²) in [5, 5.41) is 14.6. The molecule has 0 heterocycles. The zero-order chi connectivity index (χ0) is 25.3. The topological polar surface area (TPSA) is 111 Å². The van der Waals surface area contributed by atoms with E-state index >= 15 is 0 Å². The molecule has 0 bridgehead atoms. The van der Waals surface area contributed by atoms with Gasteiger partial charge >= 0.3 is 5.69 Å². The number of amides is 2. The highest BCUT2D eigenvalue weighted by Gasteiger charge is 2.29. The normalized spacial score (nSPS) is 12.4. The molecular weight excluding hydrogens is 462 g/mol. The van der Waals surface area contributed by atoms with Gasteiger partial charge in [-0.3, -0.25) is 19.7 Å². The minimum Gasteiger partial charge on any atom is -0.490 e. The number of halogens is 1. The first-order chi connectivity index (χ1) is 16.2. The maximum Gasteiger partial charge on any atom is 0.311 e. The van der Waals surface area contributed by atoms with E-state index < -0.39 is 16.9 Å². The monoisotopic (exact) mass is 491 g/mol. The molecule has 2 atom stereocenters. The zero-order valence-electron chi connectivity index (χ0n) is 19.7. The lowest BCUT2D eigenvalue weighted by molar-refractivity contribution is -0.385. The van der Waals surface area contributed by atoms with Gasteiger partial charge in [-0.25, -0.2) is 0 Å². The number of hydrogen-bond acceptors (Lipinski definition) is 6. The average molecular weight is 492 g/mol. The van der Waals surface area contributed by atoms with Crippen LogP contribution >= 0.6 is 11.6 Å². The average Bonchev–Trinajstić information content (AvgIpc) is 2.83. The van der Waals surface area contributed by atoms with E-state index in [9.17, 15) is 19.7 Å². The molecule has 1 N–H and O–H groups in total. The molecule has 0 aliphatic rings. The Labute approximate surface area is 204 Å². The number of carbonyl (C=O) groups is 2. The fourth-order valence-corrected chi connectivity index (χ4v) is 3.40. The standard InChI is InChI=1S/C24H30ClN3O6/c1-5-16(3)26-24(30)20(6-2)27(14-17-7-9-18(25)10-8-17)23(29)15-34-19-11-12-21(28(31)32)22(13-19)33-4/h7-13,16,20H,5-6,14-15H2,1-4H3,(H,26,30)/t16-,20+/m0/s1. The molecule has 0 unspecified atom stereocenters. The molecule has 9 nitrogen and oxygen atoms in total. The summed E-state index contributed by atoms with van der Waals surface area (Å²) in [5.74, 6) is -0.388. The van der Waals surface area contributed by atoms with E-state index in [1.54, 1.807) is 24.3 Å². The van der Waals surface area contributed by atoms with Crippen LogP contribution in [-0.2, 0) is 16.1 Å². The van der Waals surface area contributed by atoms with Crippen molar-refractivity contribution in [2.24, 2.45) is 0 Å². The van der Waals surface area contributed by atoms with Crippen molar-refractivity contribution >= 4 is 29.1 Å². The van der Waals surface area contributed by atoms with Crippen LogP contribution in [0.5, 0.6) is 11.5 Å². The highest BCUT2D eigenvalue weighted by Crippen LogP contribution is 2.30. The van der Waals surface area contributed by atoms with E-state index in [0.29, 0.717) is 11.4 Å². The second kappa shape index (κ2) is 12.8. The molecule has 10 heteroatoms. The van der Waals surface area contributed by atoms with Gasteiger partial charge in [0.25, 0.3) is 5.91 Å². The van der Waals surface area contributed by atoms with E-state index in [0.717, 1.165) is 12.0 Å². The van der Waals surface area contributed by atoms with Gasteiger partial charge in [0.15, 0.2) is 6.61 Å². The molecule has 2 amide bonds. The van der Waals surface area contributed by atoms with Crippen LogP contribution in [0.3, 0.4) is 0 Å². The van der Waals surface area contributed by atoms with Crippen molar-refractivity contribution < 1.29 is 24.0 Å². The van der Waals surface area contributed by atoms with Crippen molar-refractivity contribution in [3.05, 3.63) is 63.2 Å². The second-order valence-electron chi connectivity index (χ2n) is 7.77. The summed E-state index contributed by atoms with van der Waals surface area (Å²) in [6, 6.07) is 10.3. The van der Waals surface area contributed by atoms with Crippen molar-refractivity contribution in [3.8, 4) is 11.5 Å². The number of rotatable bonds is 12. The molecule has 0 saturated heterocycles. The number of benzene rings is 2. The van der Waals surface area contributed by atoms with Crippen LogP contribution in [0.4, 0.5) is 5.69 Å². The lowest BCUT2D eigenvalue weighted by Crippen LogP contribution is -2.51. The molecule has 0 aliphatic heterocycles. The third-order valence-corrected chi connectivity index (χ3v) is 5.62. The Morgan fingerprint density at radius 3 is 2.38 bits per heavy atom. The fourth-order valence-electron chi connectivity index (χ4n) is 3.27. The number of ether oxygens (including phenoxy) is 2. The third kappa shape index (κ3) is 7.34. The van der Waals surface area contributed by atoms with Gasteiger partial charge in [-0.15, -0.1) is 0 Å². The third-order valence-electron chi connectivity index (χ3n) is 5.36. The minimum absolute atomic E-state index is 0.0207. The van der Waals surface area contributed by atoms with Gasteiger partial charge in [0.05, 0.1) is 12.0 Å². The highest BCUT2D eigenvalue weighted by molar-refractivity contribution is 6.30. The van der Waals surface area contributed by atoms with E-state index in [4.69, 9.17) is 21.1 Å². The summed E-state index contributed by atoms with van der Waals surface area (Å²) in [4.78, 5) is 38.2. The predicted octanol–water partition coefficient (Wildman–Crippen LogP) is 4.36. The first-order valence-corrected chi connectivity index (χ1v) is 11.4. The predicted molar refractivity (Wildman–Crippen MR) is 129 cm³/mol. The highest BCUT2D eigenvalue weighted by atomic mass is 35.5. The van der Waals surface area contributed by atoms with Crippen molar-refractivity contribution in [1.82, 2.24) is 10.2 Å². The number of nitro benzene ring substituents is 1. The number of carbonyl (C=O) groups excluding carboxylic acids is 2.